The van der Waals surface area contributed by atoms with Crippen molar-refractivity contribution in [2.24, 2.45) is 0 Å². The third-order valence-electron chi connectivity index (χ3n) is 5.93. The summed E-state index contributed by atoms with van der Waals surface area (Å²) in [6, 6.07) is 4.36. The standard InChI is InChI=1S/C21H28N2O3/c1-16-13-18-3-4-21(26-19(18)14-17(16)2)5-7-22(8-6-21)15-20(24)23-9-11-25-12-10-23/h3-4,13-14H,5-12,15H2,1-2H3. The molecule has 140 valence electrons. The van der Waals surface area contributed by atoms with E-state index in [-0.39, 0.29) is 11.5 Å². The number of hydrogen-bond donors (Lipinski definition) is 0. The van der Waals surface area contributed by atoms with Crippen molar-refractivity contribution in [3.63, 3.8) is 0 Å². The Bertz CT molecular complexity index is 714. The van der Waals surface area contributed by atoms with Crippen LogP contribution in [-0.4, -0.2) is 67.2 Å². The van der Waals surface area contributed by atoms with Crippen LogP contribution in [0.4, 0.5) is 0 Å². The minimum Gasteiger partial charge on any atom is -0.482 e. The lowest BCUT2D eigenvalue weighted by Gasteiger charge is -2.42. The maximum absolute atomic E-state index is 12.5. The van der Waals surface area contributed by atoms with Gasteiger partial charge in [-0.2, -0.15) is 0 Å². The van der Waals surface area contributed by atoms with Gasteiger partial charge in [-0.3, -0.25) is 9.69 Å². The van der Waals surface area contributed by atoms with Crippen LogP contribution in [0, 0.1) is 13.8 Å². The summed E-state index contributed by atoms with van der Waals surface area (Å²) >= 11 is 0. The lowest BCUT2D eigenvalue weighted by atomic mass is 9.87. The van der Waals surface area contributed by atoms with Crippen molar-refractivity contribution >= 4 is 12.0 Å². The number of morpholine rings is 1. The second-order valence-electron chi connectivity index (χ2n) is 7.74. The van der Waals surface area contributed by atoms with E-state index >= 15 is 0 Å². The van der Waals surface area contributed by atoms with Crippen molar-refractivity contribution < 1.29 is 14.3 Å². The Hall–Kier alpha value is -1.85. The topological polar surface area (TPSA) is 42.0 Å². The average molecular weight is 356 g/mol. The summed E-state index contributed by atoms with van der Waals surface area (Å²) < 4.78 is 11.8. The number of amides is 1. The maximum atomic E-state index is 12.5. The van der Waals surface area contributed by atoms with Gasteiger partial charge in [-0.15, -0.1) is 0 Å². The Balaban J connectivity index is 1.36. The van der Waals surface area contributed by atoms with E-state index in [1.54, 1.807) is 0 Å². The fraction of sp³-hybridized carbons (Fsp3) is 0.571. The summed E-state index contributed by atoms with van der Waals surface area (Å²) in [4.78, 5) is 16.6. The largest absolute Gasteiger partial charge is 0.482 e. The van der Waals surface area contributed by atoms with E-state index in [1.165, 1.54) is 16.7 Å². The number of nitrogens with zero attached hydrogens (tertiary/aromatic N) is 2. The summed E-state index contributed by atoms with van der Waals surface area (Å²) in [5, 5.41) is 0. The van der Waals surface area contributed by atoms with E-state index in [1.807, 2.05) is 4.90 Å². The number of hydrogen-bond acceptors (Lipinski definition) is 4. The molecule has 1 aromatic rings. The number of carbonyl (C=O) groups is 1. The van der Waals surface area contributed by atoms with Gasteiger partial charge in [0.05, 0.1) is 19.8 Å². The predicted octanol–water partition coefficient (Wildman–Crippen LogP) is 2.40. The third-order valence-corrected chi connectivity index (χ3v) is 5.93. The first-order valence-electron chi connectivity index (χ1n) is 9.62. The first-order chi connectivity index (χ1) is 12.5. The van der Waals surface area contributed by atoms with Crippen LogP contribution >= 0.6 is 0 Å². The molecule has 26 heavy (non-hydrogen) atoms. The molecule has 2 fully saturated rings. The summed E-state index contributed by atoms with van der Waals surface area (Å²) in [5.74, 6) is 1.22. The molecule has 4 rings (SSSR count). The smallest absolute Gasteiger partial charge is 0.236 e. The van der Waals surface area contributed by atoms with Gasteiger partial charge in [0.2, 0.25) is 5.91 Å². The highest BCUT2D eigenvalue weighted by atomic mass is 16.5. The maximum Gasteiger partial charge on any atom is 0.236 e. The fourth-order valence-corrected chi connectivity index (χ4v) is 3.99. The molecule has 1 spiro atoms. The molecule has 3 aliphatic heterocycles. The van der Waals surface area contributed by atoms with Crippen molar-refractivity contribution in [3.8, 4) is 5.75 Å². The van der Waals surface area contributed by atoms with Gasteiger partial charge in [-0.05, 0) is 43.2 Å². The van der Waals surface area contributed by atoms with E-state index in [0.29, 0.717) is 19.8 Å². The molecule has 0 aliphatic carbocycles. The molecule has 5 nitrogen and oxygen atoms in total. The van der Waals surface area contributed by atoms with Gasteiger partial charge < -0.3 is 14.4 Å². The van der Waals surface area contributed by atoms with Gasteiger partial charge in [0.1, 0.15) is 11.4 Å². The molecule has 3 heterocycles. The van der Waals surface area contributed by atoms with Crippen LogP contribution in [0.25, 0.3) is 6.08 Å². The van der Waals surface area contributed by atoms with E-state index < -0.39 is 0 Å². The molecular formula is C21H28N2O3. The van der Waals surface area contributed by atoms with Gasteiger partial charge in [-0.1, -0.05) is 6.08 Å². The number of carbonyl (C=O) groups excluding carboxylic acids is 1. The van der Waals surface area contributed by atoms with Gasteiger partial charge in [0.15, 0.2) is 0 Å². The van der Waals surface area contributed by atoms with Crippen molar-refractivity contribution in [3.05, 3.63) is 34.9 Å². The molecule has 0 saturated carbocycles. The molecule has 2 saturated heterocycles. The second-order valence-corrected chi connectivity index (χ2v) is 7.74. The van der Waals surface area contributed by atoms with Crippen molar-refractivity contribution in [2.75, 3.05) is 45.9 Å². The van der Waals surface area contributed by atoms with E-state index in [4.69, 9.17) is 9.47 Å². The molecule has 0 radical (unpaired) electrons. The molecule has 0 unspecified atom stereocenters. The molecule has 3 aliphatic rings. The van der Waals surface area contributed by atoms with Crippen molar-refractivity contribution in [2.45, 2.75) is 32.3 Å². The van der Waals surface area contributed by atoms with Crippen LogP contribution in [0.2, 0.25) is 0 Å². The zero-order chi connectivity index (χ0) is 18.1. The normalized spacial score (nSPS) is 22.2. The highest BCUT2D eigenvalue weighted by Gasteiger charge is 2.37. The highest BCUT2D eigenvalue weighted by molar-refractivity contribution is 5.78. The molecular weight excluding hydrogens is 328 g/mol. The van der Waals surface area contributed by atoms with Gasteiger partial charge in [-0.25, -0.2) is 0 Å². The lowest BCUT2D eigenvalue weighted by molar-refractivity contribution is -0.137. The van der Waals surface area contributed by atoms with E-state index in [0.717, 1.165) is 44.8 Å². The zero-order valence-corrected chi connectivity index (χ0v) is 15.8. The van der Waals surface area contributed by atoms with Crippen LogP contribution in [0.1, 0.15) is 29.5 Å². The summed E-state index contributed by atoms with van der Waals surface area (Å²) in [7, 11) is 0. The zero-order valence-electron chi connectivity index (χ0n) is 15.8. The van der Waals surface area contributed by atoms with E-state index in [9.17, 15) is 4.79 Å². The first-order valence-corrected chi connectivity index (χ1v) is 9.62. The fourth-order valence-electron chi connectivity index (χ4n) is 3.99. The van der Waals surface area contributed by atoms with Gasteiger partial charge in [0, 0.05) is 44.6 Å². The minimum absolute atomic E-state index is 0.215. The predicted molar refractivity (Wildman–Crippen MR) is 101 cm³/mol. The number of fused-ring (bicyclic) bond motifs is 1. The molecule has 0 N–H and O–H groups in total. The summed E-state index contributed by atoms with van der Waals surface area (Å²) in [6.45, 7) is 9.31. The molecule has 5 heteroatoms. The van der Waals surface area contributed by atoms with E-state index in [2.05, 4.69) is 43.0 Å². The molecule has 1 amide bonds. The molecule has 0 bridgehead atoms. The van der Waals surface area contributed by atoms with Crippen LogP contribution < -0.4 is 4.74 Å². The second kappa shape index (κ2) is 7.05. The van der Waals surface area contributed by atoms with Crippen LogP contribution in [0.5, 0.6) is 5.75 Å². The molecule has 0 atom stereocenters. The molecule has 0 aromatic heterocycles. The number of piperidine rings is 1. The van der Waals surface area contributed by atoms with Crippen molar-refractivity contribution in [1.82, 2.24) is 9.80 Å². The van der Waals surface area contributed by atoms with Gasteiger partial charge >= 0.3 is 0 Å². The SMILES string of the molecule is Cc1cc2c(cc1C)OC1(C=C2)CCN(CC(=O)N2CCOCC2)CC1. The molecule has 1 aromatic carbocycles. The lowest BCUT2D eigenvalue weighted by Crippen LogP contribution is -2.51. The Morgan fingerprint density at radius 1 is 1.08 bits per heavy atom. The van der Waals surface area contributed by atoms with Crippen LogP contribution in [-0.2, 0) is 9.53 Å². The summed E-state index contributed by atoms with van der Waals surface area (Å²) in [6.07, 6.45) is 6.28. The average Bonchev–Trinajstić information content (AvgIpc) is 2.66. The van der Waals surface area contributed by atoms with Crippen LogP contribution in [0.3, 0.4) is 0 Å². The first kappa shape index (κ1) is 17.6. The van der Waals surface area contributed by atoms with Crippen molar-refractivity contribution in [1.29, 1.82) is 0 Å². The number of aryl methyl sites for hydroxylation is 2. The van der Waals surface area contributed by atoms with Gasteiger partial charge in [0.25, 0.3) is 0 Å². The number of rotatable bonds is 2. The third kappa shape index (κ3) is 3.51. The minimum atomic E-state index is -0.215. The summed E-state index contributed by atoms with van der Waals surface area (Å²) in [5.41, 5.74) is 3.52. The Labute approximate surface area is 155 Å². The number of benzene rings is 1. The Kier molecular flexibility index (Phi) is 4.76. The Morgan fingerprint density at radius 3 is 2.50 bits per heavy atom. The highest BCUT2D eigenvalue weighted by Crippen LogP contribution is 2.38. The monoisotopic (exact) mass is 356 g/mol. The number of ether oxygens (including phenoxy) is 2. The number of likely N-dealkylation sites (tertiary alicyclic amines) is 1. The van der Waals surface area contributed by atoms with Crippen LogP contribution in [0.15, 0.2) is 18.2 Å². The quantitative estimate of drug-likeness (QED) is 0.816. The Morgan fingerprint density at radius 2 is 1.77 bits per heavy atom.